The molecule has 1 aromatic carbocycles. The summed E-state index contributed by atoms with van der Waals surface area (Å²) in [6.45, 7) is 0. The minimum Gasteiger partial charge on any atom is -0.211 e. The first kappa shape index (κ1) is 10.3. The third-order valence-corrected chi connectivity index (χ3v) is 2.27. The normalized spacial score (nSPS) is 13.8. The third-order valence-electron chi connectivity index (χ3n) is 2.27. The van der Waals surface area contributed by atoms with Gasteiger partial charge in [-0.2, -0.15) is 0 Å². The van der Waals surface area contributed by atoms with E-state index < -0.39 is 0 Å². The van der Waals surface area contributed by atoms with E-state index in [-0.39, 0.29) is 12.2 Å². The maximum atomic E-state index is 12.9. The van der Waals surface area contributed by atoms with E-state index in [1.165, 1.54) is 6.08 Å². The van der Waals surface area contributed by atoms with Crippen LogP contribution in [-0.2, 0) is 0 Å². The molecule has 0 bridgehead atoms. The van der Waals surface area contributed by atoms with Gasteiger partial charge in [-0.25, -0.2) is 4.39 Å². The van der Waals surface area contributed by atoms with E-state index in [1.54, 1.807) is 6.08 Å². The summed E-state index contributed by atoms with van der Waals surface area (Å²) >= 11 is 0. The fourth-order valence-electron chi connectivity index (χ4n) is 1.41. The van der Waals surface area contributed by atoms with Crippen molar-refractivity contribution in [3.05, 3.63) is 53.4 Å². The van der Waals surface area contributed by atoms with Crippen LogP contribution in [0, 0.1) is 24.2 Å². The van der Waals surface area contributed by atoms with Gasteiger partial charge in [-0.3, -0.25) is 0 Å². The van der Waals surface area contributed by atoms with Gasteiger partial charge in [-0.05, 0) is 29.8 Å². The number of hydrogen-bond donors (Lipinski definition) is 0. The van der Waals surface area contributed by atoms with E-state index in [4.69, 9.17) is 6.42 Å². The van der Waals surface area contributed by atoms with Crippen LogP contribution in [0.25, 0.3) is 5.57 Å². The van der Waals surface area contributed by atoms with Crippen LogP contribution < -0.4 is 0 Å². The molecule has 0 aromatic heterocycles. The highest BCUT2D eigenvalue weighted by molar-refractivity contribution is 5.80. The predicted molar refractivity (Wildman–Crippen MR) is 63.9 cm³/mol. The topological polar surface area (TPSA) is 0 Å². The predicted octanol–water partition coefficient (Wildman–Crippen LogP) is 3.31. The van der Waals surface area contributed by atoms with E-state index in [0.29, 0.717) is 0 Å². The largest absolute Gasteiger partial charge is 0.211 e. The van der Waals surface area contributed by atoms with E-state index in [1.807, 2.05) is 24.3 Å². The molecule has 0 amide bonds. The van der Waals surface area contributed by atoms with Gasteiger partial charge in [0.1, 0.15) is 5.83 Å². The highest BCUT2D eigenvalue weighted by atomic mass is 19.1. The van der Waals surface area contributed by atoms with Crippen molar-refractivity contribution in [2.45, 2.75) is 6.42 Å². The highest BCUT2D eigenvalue weighted by Gasteiger charge is 2.00. The molecule has 1 heteroatoms. The molecular formula is C15H9F. The Morgan fingerprint density at radius 3 is 2.62 bits per heavy atom. The van der Waals surface area contributed by atoms with Crippen LogP contribution in [0.4, 0.5) is 4.39 Å². The van der Waals surface area contributed by atoms with Gasteiger partial charge in [-0.15, -0.1) is 6.42 Å². The highest BCUT2D eigenvalue weighted by Crippen LogP contribution is 2.17. The number of halogens is 1. The molecule has 0 N–H and O–H groups in total. The summed E-state index contributed by atoms with van der Waals surface area (Å²) in [6, 6.07) is 7.49. The van der Waals surface area contributed by atoms with Crippen molar-refractivity contribution >= 4 is 5.57 Å². The first-order chi connectivity index (χ1) is 7.79. The van der Waals surface area contributed by atoms with Crippen LogP contribution in [-0.4, -0.2) is 0 Å². The summed E-state index contributed by atoms with van der Waals surface area (Å²) in [6.07, 6.45) is 8.59. The molecule has 2 rings (SSSR count). The van der Waals surface area contributed by atoms with Crippen LogP contribution in [0.1, 0.15) is 17.5 Å². The van der Waals surface area contributed by atoms with Crippen LogP contribution in [0.5, 0.6) is 0 Å². The van der Waals surface area contributed by atoms with Crippen molar-refractivity contribution < 1.29 is 4.39 Å². The number of terminal acetylenes is 1. The van der Waals surface area contributed by atoms with E-state index in [0.717, 1.165) is 16.7 Å². The zero-order chi connectivity index (χ0) is 11.4. The first-order valence-electron chi connectivity index (χ1n) is 4.92. The summed E-state index contributed by atoms with van der Waals surface area (Å²) in [4.78, 5) is 0. The molecule has 0 heterocycles. The van der Waals surface area contributed by atoms with Gasteiger partial charge in [0.05, 0.1) is 6.42 Å². The fourth-order valence-corrected chi connectivity index (χ4v) is 1.41. The SMILES string of the molecule is C#Cc1ccc(C2=CC=C(F)CC#C2)cc1. The average molecular weight is 208 g/mol. The minimum absolute atomic E-state index is 0.183. The Kier molecular flexibility index (Phi) is 2.90. The number of hydrogen-bond acceptors (Lipinski definition) is 0. The molecule has 76 valence electrons. The van der Waals surface area contributed by atoms with E-state index in [2.05, 4.69) is 17.8 Å². The van der Waals surface area contributed by atoms with Crippen molar-refractivity contribution in [1.29, 1.82) is 0 Å². The van der Waals surface area contributed by atoms with Gasteiger partial charge in [0.2, 0.25) is 0 Å². The molecule has 0 nitrogen and oxygen atoms in total. The second kappa shape index (κ2) is 4.51. The number of benzene rings is 1. The fraction of sp³-hybridized carbons (Fsp3) is 0.0667. The lowest BCUT2D eigenvalue weighted by Crippen LogP contribution is -1.81. The molecule has 16 heavy (non-hydrogen) atoms. The van der Waals surface area contributed by atoms with Gasteiger partial charge < -0.3 is 0 Å². The third kappa shape index (κ3) is 2.22. The lowest BCUT2D eigenvalue weighted by atomic mass is 10.0. The van der Waals surface area contributed by atoms with Crippen LogP contribution >= 0.6 is 0 Å². The number of allylic oxidation sites excluding steroid dienone is 4. The van der Waals surface area contributed by atoms with Gasteiger partial charge >= 0.3 is 0 Å². The maximum absolute atomic E-state index is 12.9. The van der Waals surface area contributed by atoms with Crippen LogP contribution in [0.15, 0.2) is 42.2 Å². The van der Waals surface area contributed by atoms with E-state index >= 15 is 0 Å². The Hall–Kier alpha value is -2.25. The Morgan fingerprint density at radius 2 is 1.94 bits per heavy atom. The lowest BCUT2D eigenvalue weighted by Gasteiger charge is -1.99. The van der Waals surface area contributed by atoms with Gasteiger partial charge in [-0.1, -0.05) is 29.9 Å². The second-order valence-electron chi connectivity index (χ2n) is 3.39. The summed E-state index contributed by atoms with van der Waals surface area (Å²) in [5.41, 5.74) is 2.60. The molecule has 1 aromatic rings. The van der Waals surface area contributed by atoms with Crippen molar-refractivity contribution in [2.75, 3.05) is 0 Å². The summed E-state index contributed by atoms with van der Waals surface area (Å²) < 4.78 is 12.9. The Bertz CT molecular complexity index is 554. The van der Waals surface area contributed by atoms with Gasteiger partial charge in [0.15, 0.2) is 0 Å². The maximum Gasteiger partial charge on any atom is 0.112 e. The minimum atomic E-state index is -0.206. The van der Waals surface area contributed by atoms with Gasteiger partial charge in [0, 0.05) is 11.1 Å². The Balaban J connectivity index is 2.37. The zero-order valence-electron chi connectivity index (χ0n) is 8.63. The van der Waals surface area contributed by atoms with Crippen molar-refractivity contribution in [1.82, 2.24) is 0 Å². The molecule has 0 radical (unpaired) electrons. The standard InChI is InChI=1S/C15H9F/c1-2-12-6-8-14(9-7-12)13-4-3-5-15(16)11-10-13/h1,6-11H,5H2. The van der Waals surface area contributed by atoms with Crippen molar-refractivity contribution in [2.24, 2.45) is 0 Å². The smallest absolute Gasteiger partial charge is 0.112 e. The number of rotatable bonds is 1. The molecular weight excluding hydrogens is 199 g/mol. The Morgan fingerprint density at radius 1 is 1.19 bits per heavy atom. The van der Waals surface area contributed by atoms with Crippen molar-refractivity contribution in [3.63, 3.8) is 0 Å². The second-order valence-corrected chi connectivity index (χ2v) is 3.39. The van der Waals surface area contributed by atoms with Crippen LogP contribution in [0.2, 0.25) is 0 Å². The molecule has 1 aliphatic rings. The monoisotopic (exact) mass is 208 g/mol. The Labute approximate surface area is 94.5 Å². The average Bonchev–Trinajstić information content (AvgIpc) is 2.54. The molecule has 1 aliphatic carbocycles. The first-order valence-corrected chi connectivity index (χ1v) is 4.92. The summed E-state index contributed by atoms with van der Waals surface area (Å²) in [7, 11) is 0. The molecule has 0 saturated heterocycles. The molecule has 0 fully saturated rings. The molecule has 0 aliphatic heterocycles. The molecule has 0 atom stereocenters. The molecule has 0 spiro atoms. The zero-order valence-corrected chi connectivity index (χ0v) is 8.63. The van der Waals surface area contributed by atoms with Crippen molar-refractivity contribution in [3.8, 4) is 24.2 Å². The molecule has 0 saturated carbocycles. The quantitative estimate of drug-likeness (QED) is 0.621. The lowest BCUT2D eigenvalue weighted by molar-refractivity contribution is 0.622. The molecule has 0 unspecified atom stereocenters. The van der Waals surface area contributed by atoms with Crippen LogP contribution in [0.3, 0.4) is 0 Å². The van der Waals surface area contributed by atoms with E-state index in [9.17, 15) is 4.39 Å². The summed E-state index contributed by atoms with van der Waals surface area (Å²) in [5, 5.41) is 0. The van der Waals surface area contributed by atoms with Gasteiger partial charge in [0.25, 0.3) is 0 Å². The summed E-state index contributed by atoms with van der Waals surface area (Å²) in [5.74, 6) is 8.05.